The lowest BCUT2D eigenvalue weighted by Crippen LogP contribution is -2.43. The van der Waals surface area contributed by atoms with E-state index in [9.17, 15) is 9.90 Å². The molecule has 0 aliphatic heterocycles. The second-order valence-electron chi connectivity index (χ2n) is 5.38. The smallest absolute Gasteiger partial charge is 0.141 e. The lowest BCUT2D eigenvalue weighted by Gasteiger charge is -2.26. The van der Waals surface area contributed by atoms with E-state index in [0.717, 1.165) is 32.1 Å². The van der Waals surface area contributed by atoms with Crippen molar-refractivity contribution in [2.24, 2.45) is 5.92 Å². The van der Waals surface area contributed by atoms with Crippen molar-refractivity contribution in [1.82, 2.24) is 0 Å². The summed E-state index contributed by atoms with van der Waals surface area (Å²) in [4.78, 5) is 11.4. The van der Waals surface area contributed by atoms with Gasteiger partial charge in [0, 0.05) is 6.07 Å². The van der Waals surface area contributed by atoms with E-state index in [0.29, 0.717) is 0 Å². The Kier molecular flexibility index (Phi) is 8.37. The molecule has 0 amide bonds. The van der Waals surface area contributed by atoms with Crippen LogP contribution in [0.2, 0.25) is 15.1 Å². The van der Waals surface area contributed by atoms with Crippen molar-refractivity contribution in [3.8, 4) is 5.75 Å². The zero-order valence-electron chi connectivity index (χ0n) is 12.7. The molecule has 0 spiro atoms. The first-order valence-electron chi connectivity index (χ1n) is 7.38. The van der Waals surface area contributed by atoms with Crippen LogP contribution < -0.4 is 9.84 Å². The quantitative estimate of drug-likeness (QED) is 0.468. The van der Waals surface area contributed by atoms with Crippen molar-refractivity contribution in [3.63, 3.8) is 0 Å². The van der Waals surface area contributed by atoms with Gasteiger partial charge in [0.25, 0.3) is 0 Å². The number of carbonyl (C=O) groups excluding carboxylic acids is 1. The number of carboxylic acid groups (broad SMARTS) is 1. The Labute approximate surface area is 146 Å². The Morgan fingerprint density at radius 3 is 2.36 bits per heavy atom. The number of unbranched alkanes of at least 4 members (excludes halogenated alkanes) is 3. The Balaban J connectivity index is 2.76. The molecule has 1 aromatic carbocycles. The van der Waals surface area contributed by atoms with Crippen molar-refractivity contribution >= 4 is 40.8 Å². The van der Waals surface area contributed by atoms with E-state index in [1.807, 2.05) is 6.92 Å². The highest BCUT2D eigenvalue weighted by Gasteiger charge is 2.22. The lowest BCUT2D eigenvalue weighted by atomic mass is 9.97. The van der Waals surface area contributed by atoms with Crippen LogP contribution in [0.3, 0.4) is 0 Å². The molecule has 124 valence electrons. The predicted molar refractivity (Wildman–Crippen MR) is 88.8 cm³/mol. The summed E-state index contributed by atoms with van der Waals surface area (Å²) >= 11 is 17.8. The molecule has 0 aliphatic rings. The van der Waals surface area contributed by atoms with Crippen LogP contribution in [-0.4, -0.2) is 12.1 Å². The third kappa shape index (κ3) is 5.86. The lowest BCUT2D eigenvalue weighted by molar-refractivity contribution is -0.315. The van der Waals surface area contributed by atoms with Crippen LogP contribution >= 0.6 is 34.8 Å². The van der Waals surface area contributed by atoms with Gasteiger partial charge in [-0.05, 0) is 18.4 Å². The summed E-state index contributed by atoms with van der Waals surface area (Å²) in [7, 11) is 0. The molecular formula is C16H20Cl3O3-. The summed E-state index contributed by atoms with van der Waals surface area (Å²) in [6, 6.07) is 2.85. The largest absolute Gasteiger partial charge is 0.546 e. The van der Waals surface area contributed by atoms with Crippen molar-refractivity contribution in [2.75, 3.05) is 0 Å². The van der Waals surface area contributed by atoms with Gasteiger partial charge in [-0.25, -0.2) is 0 Å². The molecule has 0 radical (unpaired) electrons. The van der Waals surface area contributed by atoms with E-state index in [1.165, 1.54) is 12.1 Å². The molecule has 0 fully saturated rings. The topological polar surface area (TPSA) is 49.4 Å². The van der Waals surface area contributed by atoms with Gasteiger partial charge in [0.05, 0.1) is 21.0 Å². The summed E-state index contributed by atoms with van der Waals surface area (Å²) in [5.41, 5.74) is 0. The summed E-state index contributed by atoms with van der Waals surface area (Å²) < 4.78 is 5.52. The molecule has 6 heteroatoms. The number of hydrogen-bond donors (Lipinski definition) is 0. The van der Waals surface area contributed by atoms with Crippen molar-refractivity contribution in [2.45, 2.75) is 52.1 Å². The molecular weight excluding hydrogens is 347 g/mol. The Bertz CT molecular complexity index is 506. The molecule has 0 heterocycles. The van der Waals surface area contributed by atoms with Gasteiger partial charge in [-0.1, -0.05) is 74.3 Å². The number of carbonyl (C=O) groups is 1. The van der Waals surface area contributed by atoms with Crippen LogP contribution in [0.25, 0.3) is 0 Å². The van der Waals surface area contributed by atoms with E-state index >= 15 is 0 Å². The average Bonchev–Trinajstić information content (AvgIpc) is 2.45. The predicted octanol–water partition coefficient (Wildman–Crippen LogP) is 4.75. The van der Waals surface area contributed by atoms with Gasteiger partial charge in [-0.2, -0.15) is 0 Å². The molecule has 0 bridgehead atoms. The molecule has 0 saturated carbocycles. The number of ether oxygens (including phenoxy) is 1. The zero-order valence-corrected chi connectivity index (χ0v) is 15.0. The number of aliphatic carboxylic acids is 1. The fourth-order valence-corrected chi connectivity index (χ4v) is 2.75. The fraction of sp³-hybridized carbons (Fsp3) is 0.562. The highest BCUT2D eigenvalue weighted by Crippen LogP contribution is 2.35. The first-order valence-corrected chi connectivity index (χ1v) is 8.52. The molecule has 2 unspecified atom stereocenters. The van der Waals surface area contributed by atoms with E-state index in [2.05, 4.69) is 6.92 Å². The van der Waals surface area contributed by atoms with Crippen molar-refractivity contribution in [3.05, 3.63) is 27.2 Å². The molecule has 2 atom stereocenters. The minimum atomic E-state index is -1.26. The number of carboxylic acids is 1. The summed E-state index contributed by atoms with van der Waals surface area (Å²) in [5, 5.41) is 12.1. The van der Waals surface area contributed by atoms with Gasteiger partial charge in [0.15, 0.2) is 0 Å². The first kappa shape index (κ1) is 19.4. The highest BCUT2D eigenvalue weighted by molar-refractivity contribution is 6.43. The van der Waals surface area contributed by atoms with Crippen LogP contribution in [0, 0.1) is 5.92 Å². The van der Waals surface area contributed by atoms with Crippen LogP contribution in [0.4, 0.5) is 0 Å². The van der Waals surface area contributed by atoms with Crippen LogP contribution in [0.1, 0.15) is 46.0 Å². The third-order valence-corrected chi connectivity index (χ3v) is 4.51. The fourth-order valence-electron chi connectivity index (χ4n) is 2.17. The first-order chi connectivity index (χ1) is 10.4. The van der Waals surface area contributed by atoms with Gasteiger partial charge in [-0.15, -0.1) is 0 Å². The summed E-state index contributed by atoms with van der Waals surface area (Å²) in [5.74, 6) is -1.25. The van der Waals surface area contributed by atoms with E-state index in [-0.39, 0.29) is 26.7 Å². The number of rotatable bonds is 9. The van der Waals surface area contributed by atoms with Gasteiger partial charge in [0.2, 0.25) is 0 Å². The second kappa shape index (κ2) is 9.49. The van der Waals surface area contributed by atoms with E-state index < -0.39 is 12.1 Å². The second-order valence-corrected chi connectivity index (χ2v) is 6.60. The van der Waals surface area contributed by atoms with Crippen LogP contribution in [-0.2, 0) is 4.79 Å². The molecule has 22 heavy (non-hydrogen) atoms. The molecule has 0 N–H and O–H groups in total. The summed E-state index contributed by atoms with van der Waals surface area (Å²) in [6.07, 6.45) is 3.98. The normalized spacial score (nSPS) is 13.7. The molecule has 0 aromatic heterocycles. The maximum absolute atomic E-state index is 11.4. The molecule has 0 saturated heterocycles. The van der Waals surface area contributed by atoms with Crippen LogP contribution in [0.15, 0.2) is 12.1 Å². The molecule has 1 rings (SSSR count). The standard InChI is InChI=1S/C16H21Cl3O3/c1-3-4-5-6-7-10(2)15(16(20)21)22-14-9-12(18)11(17)8-13(14)19/h8-10,15H,3-7H2,1-2H3,(H,20,21)/p-1. The third-order valence-electron chi connectivity index (χ3n) is 3.49. The van der Waals surface area contributed by atoms with Crippen molar-refractivity contribution < 1.29 is 14.6 Å². The SMILES string of the molecule is CCCCCCC(C)C(Oc1cc(Cl)c(Cl)cc1Cl)C(=O)[O-]. The molecule has 0 aliphatic carbocycles. The number of halogens is 3. The Morgan fingerprint density at radius 2 is 1.77 bits per heavy atom. The monoisotopic (exact) mass is 365 g/mol. The maximum atomic E-state index is 11.4. The van der Waals surface area contributed by atoms with Gasteiger partial charge >= 0.3 is 0 Å². The summed E-state index contributed by atoms with van der Waals surface area (Å²) in [6.45, 7) is 3.96. The maximum Gasteiger partial charge on any atom is 0.141 e. The molecule has 1 aromatic rings. The number of benzene rings is 1. The van der Waals surface area contributed by atoms with E-state index in [1.54, 1.807) is 0 Å². The Morgan fingerprint density at radius 1 is 1.14 bits per heavy atom. The Hall–Kier alpha value is -0.640. The minimum Gasteiger partial charge on any atom is -0.546 e. The number of hydrogen-bond acceptors (Lipinski definition) is 3. The minimum absolute atomic E-state index is 0.188. The van der Waals surface area contributed by atoms with Gasteiger partial charge in [-0.3, -0.25) is 0 Å². The highest BCUT2D eigenvalue weighted by atomic mass is 35.5. The van der Waals surface area contributed by atoms with Gasteiger partial charge < -0.3 is 14.6 Å². The zero-order chi connectivity index (χ0) is 16.7. The van der Waals surface area contributed by atoms with Crippen molar-refractivity contribution in [1.29, 1.82) is 0 Å². The van der Waals surface area contributed by atoms with E-state index in [4.69, 9.17) is 39.5 Å². The molecule has 3 nitrogen and oxygen atoms in total. The van der Waals surface area contributed by atoms with Gasteiger partial charge in [0.1, 0.15) is 11.9 Å². The van der Waals surface area contributed by atoms with Crippen LogP contribution in [0.5, 0.6) is 5.75 Å². The average molecular weight is 367 g/mol.